The van der Waals surface area contributed by atoms with Gasteiger partial charge in [0.25, 0.3) is 5.91 Å². The Bertz CT molecular complexity index is 378. The molecular weight excluding hydrogens is 230 g/mol. The van der Waals surface area contributed by atoms with Crippen LogP contribution in [0.1, 0.15) is 30.8 Å². The molecule has 0 spiro atoms. The third kappa shape index (κ3) is 3.70. The number of aromatic nitrogens is 1. The minimum absolute atomic E-state index is 0.0820. The quantitative estimate of drug-likeness (QED) is 0.833. The maximum absolute atomic E-state index is 12.3. The summed E-state index contributed by atoms with van der Waals surface area (Å²) in [6, 6.07) is 3.50. The van der Waals surface area contributed by atoms with Crippen LogP contribution >= 0.6 is 0 Å². The first-order chi connectivity index (χ1) is 8.60. The predicted molar refractivity (Wildman–Crippen MR) is 71.3 cm³/mol. The SMILES string of the molecule is CCC(C)N(CCOC)C(=O)c1ccc(N)cn1. The third-order valence-electron chi connectivity index (χ3n) is 2.93. The lowest BCUT2D eigenvalue weighted by Crippen LogP contribution is -2.40. The van der Waals surface area contributed by atoms with Gasteiger partial charge in [0.1, 0.15) is 5.69 Å². The number of carbonyl (C=O) groups excluding carboxylic acids is 1. The fourth-order valence-electron chi connectivity index (χ4n) is 1.61. The van der Waals surface area contributed by atoms with Crippen LogP contribution in [-0.4, -0.2) is 42.1 Å². The zero-order valence-electron chi connectivity index (χ0n) is 11.2. The highest BCUT2D eigenvalue weighted by Gasteiger charge is 2.20. The molecule has 0 aromatic carbocycles. The minimum Gasteiger partial charge on any atom is -0.397 e. The molecule has 18 heavy (non-hydrogen) atoms. The molecule has 0 aliphatic rings. The summed E-state index contributed by atoms with van der Waals surface area (Å²) in [6.45, 7) is 5.15. The van der Waals surface area contributed by atoms with Crippen molar-refractivity contribution in [2.75, 3.05) is 26.0 Å². The highest BCUT2D eigenvalue weighted by Crippen LogP contribution is 2.10. The van der Waals surface area contributed by atoms with E-state index in [0.717, 1.165) is 6.42 Å². The summed E-state index contributed by atoms with van der Waals surface area (Å²) in [6.07, 6.45) is 2.39. The lowest BCUT2D eigenvalue weighted by atomic mass is 10.2. The summed E-state index contributed by atoms with van der Waals surface area (Å²) in [4.78, 5) is 18.2. The maximum Gasteiger partial charge on any atom is 0.272 e. The summed E-state index contributed by atoms with van der Waals surface area (Å²) in [5, 5.41) is 0. The number of pyridine rings is 1. The van der Waals surface area contributed by atoms with Gasteiger partial charge in [0, 0.05) is 19.7 Å². The first kappa shape index (κ1) is 14.4. The Morgan fingerprint density at radius 2 is 2.28 bits per heavy atom. The largest absolute Gasteiger partial charge is 0.397 e. The number of carbonyl (C=O) groups is 1. The summed E-state index contributed by atoms with van der Waals surface area (Å²) in [5.74, 6) is -0.0820. The smallest absolute Gasteiger partial charge is 0.272 e. The number of hydrogen-bond acceptors (Lipinski definition) is 4. The number of nitrogen functional groups attached to an aromatic ring is 1. The molecular formula is C13H21N3O2. The van der Waals surface area contributed by atoms with Crippen molar-refractivity contribution in [3.8, 4) is 0 Å². The van der Waals surface area contributed by atoms with Crippen molar-refractivity contribution < 1.29 is 9.53 Å². The predicted octanol–water partition coefficient (Wildman–Crippen LogP) is 1.55. The van der Waals surface area contributed by atoms with Crippen LogP contribution in [-0.2, 0) is 4.74 Å². The Kier molecular flexibility index (Phi) is 5.58. The zero-order chi connectivity index (χ0) is 13.5. The van der Waals surface area contributed by atoms with E-state index in [1.54, 1.807) is 24.1 Å². The van der Waals surface area contributed by atoms with Crippen molar-refractivity contribution in [1.29, 1.82) is 0 Å². The van der Waals surface area contributed by atoms with Crippen molar-refractivity contribution >= 4 is 11.6 Å². The van der Waals surface area contributed by atoms with Crippen LogP contribution in [0.4, 0.5) is 5.69 Å². The third-order valence-corrected chi connectivity index (χ3v) is 2.93. The number of methoxy groups -OCH3 is 1. The van der Waals surface area contributed by atoms with Gasteiger partial charge in [-0.3, -0.25) is 4.79 Å². The molecule has 0 radical (unpaired) electrons. The van der Waals surface area contributed by atoms with Crippen molar-refractivity contribution in [2.24, 2.45) is 0 Å². The topological polar surface area (TPSA) is 68.5 Å². The molecule has 1 atom stereocenters. The molecule has 100 valence electrons. The molecule has 2 N–H and O–H groups in total. The fraction of sp³-hybridized carbons (Fsp3) is 0.538. The van der Waals surface area contributed by atoms with E-state index in [4.69, 9.17) is 10.5 Å². The van der Waals surface area contributed by atoms with Gasteiger partial charge in [0.05, 0.1) is 18.5 Å². The van der Waals surface area contributed by atoms with Gasteiger partial charge in [-0.05, 0) is 25.5 Å². The second kappa shape index (κ2) is 6.96. The van der Waals surface area contributed by atoms with E-state index >= 15 is 0 Å². The van der Waals surface area contributed by atoms with Gasteiger partial charge in [-0.2, -0.15) is 0 Å². The number of rotatable bonds is 6. The molecule has 5 heteroatoms. The summed E-state index contributed by atoms with van der Waals surface area (Å²) in [5.41, 5.74) is 6.53. The van der Waals surface area contributed by atoms with E-state index in [1.807, 2.05) is 13.8 Å². The van der Waals surface area contributed by atoms with E-state index in [9.17, 15) is 4.79 Å². The first-order valence-electron chi connectivity index (χ1n) is 6.11. The number of hydrogen-bond donors (Lipinski definition) is 1. The summed E-state index contributed by atoms with van der Waals surface area (Å²) in [7, 11) is 1.63. The number of amides is 1. The van der Waals surface area contributed by atoms with Crippen molar-refractivity contribution in [3.05, 3.63) is 24.0 Å². The van der Waals surface area contributed by atoms with E-state index in [2.05, 4.69) is 4.98 Å². The second-order valence-electron chi connectivity index (χ2n) is 4.23. The van der Waals surface area contributed by atoms with Crippen molar-refractivity contribution in [1.82, 2.24) is 9.88 Å². The normalized spacial score (nSPS) is 12.2. The van der Waals surface area contributed by atoms with Crippen LogP contribution < -0.4 is 5.73 Å². The Morgan fingerprint density at radius 1 is 1.56 bits per heavy atom. The number of nitrogens with two attached hydrogens (primary N) is 1. The summed E-state index contributed by atoms with van der Waals surface area (Å²) >= 11 is 0. The van der Waals surface area contributed by atoms with Gasteiger partial charge in [0.2, 0.25) is 0 Å². The number of anilines is 1. The molecule has 1 unspecified atom stereocenters. The average molecular weight is 251 g/mol. The van der Waals surface area contributed by atoms with Crippen LogP contribution in [0.2, 0.25) is 0 Å². The standard InChI is InChI=1S/C13H21N3O2/c1-4-10(2)16(7-8-18-3)13(17)12-6-5-11(14)9-15-12/h5-6,9-10H,4,7-8,14H2,1-3H3. The lowest BCUT2D eigenvalue weighted by Gasteiger charge is -2.28. The second-order valence-corrected chi connectivity index (χ2v) is 4.23. The molecule has 0 aliphatic carbocycles. The van der Waals surface area contributed by atoms with E-state index < -0.39 is 0 Å². The lowest BCUT2D eigenvalue weighted by molar-refractivity contribution is 0.0608. The van der Waals surface area contributed by atoms with Crippen LogP contribution in [0.3, 0.4) is 0 Å². The molecule has 0 saturated carbocycles. The van der Waals surface area contributed by atoms with Crippen molar-refractivity contribution in [3.63, 3.8) is 0 Å². The molecule has 0 aliphatic heterocycles. The van der Waals surface area contributed by atoms with Gasteiger partial charge < -0.3 is 15.4 Å². The van der Waals surface area contributed by atoms with Crippen LogP contribution in [0, 0.1) is 0 Å². The molecule has 0 bridgehead atoms. The van der Waals surface area contributed by atoms with Crippen molar-refractivity contribution in [2.45, 2.75) is 26.3 Å². The molecule has 0 fully saturated rings. The van der Waals surface area contributed by atoms with Gasteiger partial charge in [0.15, 0.2) is 0 Å². The molecule has 1 rings (SSSR count). The average Bonchev–Trinajstić information content (AvgIpc) is 2.39. The molecule has 1 amide bonds. The Hall–Kier alpha value is -1.62. The molecule has 1 heterocycles. The highest BCUT2D eigenvalue weighted by molar-refractivity contribution is 5.92. The summed E-state index contributed by atoms with van der Waals surface area (Å²) < 4.78 is 5.04. The van der Waals surface area contributed by atoms with Crippen LogP contribution in [0.5, 0.6) is 0 Å². The number of nitrogens with zero attached hydrogens (tertiary/aromatic N) is 2. The monoisotopic (exact) mass is 251 g/mol. The molecule has 1 aromatic heterocycles. The van der Waals surface area contributed by atoms with E-state index in [-0.39, 0.29) is 11.9 Å². The van der Waals surface area contributed by atoms with Gasteiger partial charge in [-0.25, -0.2) is 4.98 Å². The van der Waals surface area contributed by atoms with Crippen LogP contribution in [0.15, 0.2) is 18.3 Å². The maximum atomic E-state index is 12.3. The highest BCUT2D eigenvalue weighted by atomic mass is 16.5. The Labute approximate surface area is 108 Å². The van der Waals surface area contributed by atoms with Gasteiger partial charge in [-0.1, -0.05) is 6.92 Å². The fourth-order valence-corrected chi connectivity index (χ4v) is 1.61. The van der Waals surface area contributed by atoms with E-state index in [1.165, 1.54) is 6.20 Å². The molecule has 0 saturated heterocycles. The van der Waals surface area contributed by atoms with Gasteiger partial charge >= 0.3 is 0 Å². The molecule has 5 nitrogen and oxygen atoms in total. The van der Waals surface area contributed by atoms with E-state index in [0.29, 0.717) is 24.5 Å². The first-order valence-corrected chi connectivity index (χ1v) is 6.11. The zero-order valence-corrected chi connectivity index (χ0v) is 11.2. The molecule has 1 aromatic rings. The number of ether oxygens (including phenoxy) is 1. The Balaban J connectivity index is 2.83. The van der Waals surface area contributed by atoms with Crippen LogP contribution in [0.25, 0.3) is 0 Å². The Morgan fingerprint density at radius 3 is 2.78 bits per heavy atom. The van der Waals surface area contributed by atoms with Gasteiger partial charge in [-0.15, -0.1) is 0 Å². The minimum atomic E-state index is -0.0820.